The predicted octanol–water partition coefficient (Wildman–Crippen LogP) is 4.98. The molecule has 0 bridgehead atoms. The first-order chi connectivity index (χ1) is 7.61. The van der Waals surface area contributed by atoms with Gasteiger partial charge in [-0.25, -0.2) is 0 Å². The van der Waals surface area contributed by atoms with Crippen LogP contribution in [0, 0.1) is 0 Å². The molecule has 0 saturated heterocycles. The fourth-order valence-electron chi connectivity index (χ4n) is 1.13. The van der Waals surface area contributed by atoms with Gasteiger partial charge in [0.05, 0.1) is 0 Å². The Morgan fingerprint density at radius 1 is 0.688 bits per heavy atom. The summed E-state index contributed by atoms with van der Waals surface area (Å²) in [7, 11) is 0. The van der Waals surface area contributed by atoms with Gasteiger partial charge in [-0.2, -0.15) is 0 Å². The molecule has 0 unspecified atom stereocenters. The van der Waals surface area contributed by atoms with Crippen LogP contribution in [0.4, 0.5) is 0 Å². The lowest BCUT2D eigenvalue weighted by atomic mass is 10.1. The van der Waals surface area contributed by atoms with Crippen molar-refractivity contribution in [3.8, 4) is 0 Å². The van der Waals surface area contributed by atoms with Crippen molar-refractivity contribution in [1.82, 2.24) is 0 Å². The number of fused-ring (bicyclic) bond motifs is 1. The molecule has 0 saturated carbocycles. The largest absolute Gasteiger partial charge is 0.0959 e. The predicted molar refractivity (Wildman–Crippen MR) is 73.6 cm³/mol. The van der Waals surface area contributed by atoms with Gasteiger partial charge in [0.2, 0.25) is 0 Å². The smallest absolute Gasteiger partial charge is 0.0184 e. The number of allylic oxidation sites excluding steroid dienone is 2. The van der Waals surface area contributed by atoms with Crippen LogP contribution >= 0.6 is 0 Å². The highest BCUT2D eigenvalue weighted by Crippen LogP contribution is 2.11. The van der Waals surface area contributed by atoms with E-state index in [1.54, 1.807) is 0 Å². The van der Waals surface area contributed by atoms with Crippen LogP contribution < -0.4 is 0 Å². The summed E-state index contributed by atoms with van der Waals surface area (Å²) in [5, 5.41) is 2.62. The summed E-state index contributed by atoms with van der Waals surface area (Å²) >= 11 is 0. The van der Waals surface area contributed by atoms with E-state index in [1.165, 1.54) is 10.8 Å². The van der Waals surface area contributed by atoms with Crippen LogP contribution in [0.3, 0.4) is 0 Å². The van der Waals surface area contributed by atoms with E-state index in [-0.39, 0.29) is 0 Å². The molecule has 0 nitrogen and oxygen atoms in total. The molecule has 0 fully saturated rings. The van der Waals surface area contributed by atoms with Crippen LogP contribution in [0.5, 0.6) is 0 Å². The maximum absolute atomic E-state index is 3.66. The first kappa shape index (κ1) is 12.3. The van der Waals surface area contributed by atoms with E-state index < -0.39 is 0 Å². The van der Waals surface area contributed by atoms with Gasteiger partial charge in [-0.1, -0.05) is 72.8 Å². The molecule has 0 heterocycles. The highest BCUT2D eigenvalue weighted by Gasteiger charge is 1.85. The molecule has 0 aliphatic carbocycles. The third-order valence-electron chi connectivity index (χ3n) is 2.39. The van der Waals surface area contributed by atoms with Crippen LogP contribution in [0.15, 0.2) is 72.8 Å². The fourth-order valence-corrected chi connectivity index (χ4v) is 1.13. The minimum absolute atomic E-state index is 1.06. The maximum Gasteiger partial charge on any atom is -0.0184 e. The molecule has 0 aromatic heterocycles. The minimum Gasteiger partial charge on any atom is -0.0959 e. The molecular formula is C16H18. The Morgan fingerprint density at radius 2 is 0.938 bits per heavy atom. The van der Waals surface area contributed by atoms with Crippen LogP contribution in [0.2, 0.25) is 0 Å². The monoisotopic (exact) mass is 210 g/mol. The van der Waals surface area contributed by atoms with Crippen molar-refractivity contribution >= 4 is 10.8 Å². The molecular weight excluding hydrogens is 192 g/mol. The summed E-state index contributed by atoms with van der Waals surface area (Å²) in [6, 6.07) is 16.7. The Bertz CT molecular complexity index is 415. The standard InChI is InChI=1S/C10H8.C6H10/c1-2-6-10-8-4-3-7-9(10)5-1;1-5(2)6(3)4/h1-8H;1,3H2,2,4H3. The summed E-state index contributed by atoms with van der Waals surface area (Å²) in [6.07, 6.45) is 0. The number of rotatable bonds is 1. The second-order valence-electron chi connectivity index (χ2n) is 3.91. The molecule has 0 N–H and O–H groups in total. The van der Waals surface area contributed by atoms with Crippen LogP contribution in [0.25, 0.3) is 10.8 Å². The number of hydrogen-bond donors (Lipinski definition) is 0. The highest BCUT2D eigenvalue weighted by atomic mass is 13.9. The minimum atomic E-state index is 1.06. The second kappa shape index (κ2) is 5.92. The molecule has 0 atom stereocenters. The summed E-state index contributed by atoms with van der Waals surface area (Å²) in [5.74, 6) is 0. The topological polar surface area (TPSA) is 0 Å². The second-order valence-corrected chi connectivity index (χ2v) is 3.91. The third-order valence-corrected chi connectivity index (χ3v) is 2.39. The summed E-state index contributed by atoms with van der Waals surface area (Å²) < 4.78 is 0. The molecule has 82 valence electrons. The Balaban J connectivity index is 0.000000187. The molecule has 2 rings (SSSR count). The molecule has 0 radical (unpaired) electrons. The lowest BCUT2D eigenvalue weighted by molar-refractivity contribution is 1.39. The van der Waals surface area contributed by atoms with Crippen molar-refractivity contribution in [2.24, 2.45) is 0 Å². The van der Waals surface area contributed by atoms with Crippen molar-refractivity contribution in [2.45, 2.75) is 13.8 Å². The summed E-state index contributed by atoms with van der Waals surface area (Å²) in [5.41, 5.74) is 2.13. The first-order valence-corrected chi connectivity index (χ1v) is 5.36. The SMILES string of the molecule is C=C(C)C(=C)C.c1ccc2ccccc2c1. The van der Waals surface area contributed by atoms with Crippen molar-refractivity contribution in [2.75, 3.05) is 0 Å². The van der Waals surface area contributed by atoms with Crippen molar-refractivity contribution < 1.29 is 0 Å². The van der Waals surface area contributed by atoms with Crippen molar-refractivity contribution in [3.05, 3.63) is 72.8 Å². The zero-order valence-corrected chi connectivity index (χ0v) is 10.0. The van der Waals surface area contributed by atoms with E-state index in [9.17, 15) is 0 Å². The van der Waals surface area contributed by atoms with Crippen molar-refractivity contribution in [3.63, 3.8) is 0 Å². The van der Waals surface area contributed by atoms with Crippen LogP contribution in [-0.4, -0.2) is 0 Å². The average molecular weight is 210 g/mol. The molecule has 0 spiro atoms. The molecule has 0 amide bonds. The Hall–Kier alpha value is -1.82. The zero-order chi connectivity index (χ0) is 12.0. The number of hydrogen-bond acceptors (Lipinski definition) is 0. The molecule has 16 heavy (non-hydrogen) atoms. The molecule has 2 aromatic carbocycles. The van der Waals surface area contributed by atoms with E-state index >= 15 is 0 Å². The van der Waals surface area contributed by atoms with E-state index in [2.05, 4.69) is 61.7 Å². The zero-order valence-electron chi connectivity index (χ0n) is 10.0. The lowest BCUT2D eigenvalue weighted by Crippen LogP contribution is -1.67. The summed E-state index contributed by atoms with van der Waals surface area (Å²) in [6.45, 7) is 11.2. The van der Waals surface area contributed by atoms with Gasteiger partial charge in [0.1, 0.15) is 0 Å². The van der Waals surface area contributed by atoms with Crippen LogP contribution in [0.1, 0.15) is 13.8 Å². The molecule has 0 heteroatoms. The average Bonchev–Trinajstić information content (AvgIpc) is 2.30. The van der Waals surface area contributed by atoms with Gasteiger partial charge in [0, 0.05) is 0 Å². The number of benzene rings is 2. The molecule has 0 aliphatic heterocycles. The molecule has 2 aromatic rings. The first-order valence-electron chi connectivity index (χ1n) is 5.36. The lowest BCUT2D eigenvalue weighted by Gasteiger charge is -1.92. The summed E-state index contributed by atoms with van der Waals surface area (Å²) in [4.78, 5) is 0. The quantitative estimate of drug-likeness (QED) is 0.582. The highest BCUT2D eigenvalue weighted by molar-refractivity contribution is 5.81. The van der Waals surface area contributed by atoms with E-state index in [1.807, 2.05) is 13.8 Å². The van der Waals surface area contributed by atoms with Gasteiger partial charge < -0.3 is 0 Å². The van der Waals surface area contributed by atoms with Gasteiger partial charge in [-0.05, 0) is 24.6 Å². The van der Waals surface area contributed by atoms with E-state index in [4.69, 9.17) is 0 Å². The van der Waals surface area contributed by atoms with Gasteiger partial charge in [0.15, 0.2) is 0 Å². The maximum atomic E-state index is 3.66. The Labute approximate surface area is 97.9 Å². The van der Waals surface area contributed by atoms with Gasteiger partial charge in [-0.3, -0.25) is 0 Å². The third kappa shape index (κ3) is 3.74. The van der Waals surface area contributed by atoms with E-state index in [0.717, 1.165) is 11.1 Å². The Kier molecular flexibility index (Phi) is 4.53. The Morgan fingerprint density at radius 3 is 1.12 bits per heavy atom. The molecule has 0 aliphatic rings. The van der Waals surface area contributed by atoms with Crippen LogP contribution in [-0.2, 0) is 0 Å². The van der Waals surface area contributed by atoms with Gasteiger partial charge in [0.25, 0.3) is 0 Å². The van der Waals surface area contributed by atoms with Gasteiger partial charge >= 0.3 is 0 Å². The van der Waals surface area contributed by atoms with Crippen molar-refractivity contribution in [1.29, 1.82) is 0 Å². The van der Waals surface area contributed by atoms with Gasteiger partial charge in [-0.15, -0.1) is 0 Å². The fraction of sp³-hybridized carbons (Fsp3) is 0.125. The van der Waals surface area contributed by atoms with E-state index in [0.29, 0.717) is 0 Å². The normalized spacial score (nSPS) is 9.12.